The van der Waals surface area contributed by atoms with Gasteiger partial charge in [-0.15, -0.1) is 0 Å². The Kier molecular flexibility index (Phi) is 5.80. The van der Waals surface area contributed by atoms with Gasteiger partial charge in [0.05, 0.1) is 0 Å². The summed E-state index contributed by atoms with van der Waals surface area (Å²) in [7, 11) is -2.33. The second kappa shape index (κ2) is 7.88. The molecule has 0 bridgehead atoms. The SMILES string of the molecule is CC(C)(C)[Si](OCC1CCCCC1)(c1ccccc1)c1ccccc1. The molecule has 1 aliphatic carbocycles. The van der Waals surface area contributed by atoms with Crippen LogP contribution in [-0.2, 0) is 4.43 Å². The van der Waals surface area contributed by atoms with E-state index in [0.717, 1.165) is 12.5 Å². The Bertz CT molecular complexity index is 599. The largest absolute Gasteiger partial charge is 0.407 e. The van der Waals surface area contributed by atoms with Crippen molar-refractivity contribution >= 4 is 18.7 Å². The molecule has 2 heteroatoms. The monoisotopic (exact) mass is 352 g/mol. The van der Waals surface area contributed by atoms with Crippen LogP contribution in [0.25, 0.3) is 0 Å². The van der Waals surface area contributed by atoms with E-state index in [0.29, 0.717) is 0 Å². The van der Waals surface area contributed by atoms with E-state index in [1.165, 1.54) is 42.5 Å². The van der Waals surface area contributed by atoms with Crippen LogP contribution in [0, 0.1) is 5.92 Å². The third kappa shape index (κ3) is 3.90. The third-order valence-electron chi connectivity index (χ3n) is 5.68. The second-order valence-electron chi connectivity index (χ2n) is 8.48. The summed E-state index contributed by atoms with van der Waals surface area (Å²) in [6.45, 7) is 7.99. The van der Waals surface area contributed by atoms with Crippen molar-refractivity contribution < 1.29 is 4.43 Å². The van der Waals surface area contributed by atoms with Gasteiger partial charge in [0.15, 0.2) is 0 Å². The average Bonchev–Trinajstić information content (AvgIpc) is 2.64. The minimum Gasteiger partial charge on any atom is -0.407 e. The Morgan fingerprint density at radius 1 is 0.800 bits per heavy atom. The standard InChI is InChI=1S/C23H32OSi/c1-23(2,3)25(21-15-9-5-10-16-21,22-17-11-6-12-18-22)24-19-20-13-7-4-8-14-20/h5-6,9-12,15-18,20H,4,7-8,13-14,19H2,1-3H3. The molecule has 0 amide bonds. The van der Waals surface area contributed by atoms with Crippen LogP contribution in [0.3, 0.4) is 0 Å². The highest BCUT2D eigenvalue weighted by atomic mass is 28.4. The Morgan fingerprint density at radius 3 is 1.72 bits per heavy atom. The van der Waals surface area contributed by atoms with Gasteiger partial charge in [0.25, 0.3) is 8.32 Å². The smallest absolute Gasteiger partial charge is 0.261 e. The van der Waals surface area contributed by atoms with Crippen LogP contribution in [0.1, 0.15) is 52.9 Å². The number of hydrogen-bond acceptors (Lipinski definition) is 1. The van der Waals surface area contributed by atoms with Crippen LogP contribution in [0.2, 0.25) is 5.04 Å². The lowest BCUT2D eigenvalue weighted by Gasteiger charge is -2.44. The fourth-order valence-corrected chi connectivity index (χ4v) is 9.00. The molecule has 0 radical (unpaired) electrons. The molecule has 2 aromatic carbocycles. The number of benzene rings is 2. The Morgan fingerprint density at radius 2 is 1.28 bits per heavy atom. The predicted molar refractivity (Wildman–Crippen MR) is 110 cm³/mol. The first kappa shape index (κ1) is 18.4. The quantitative estimate of drug-likeness (QED) is 0.677. The normalized spacial score (nSPS) is 16.8. The van der Waals surface area contributed by atoms with Crippen LogP contribution in [0.5, 0.6) is 0 Å². The van der Waals surface area contributed by atoms with E-state index in [2.05, 4.69) is 81.4 Å². The van der Waals surface area contributed by atoms with Gasteiger partial charge < -0.3 is 4.43 Å². The van der Waals surface area contributed by atoms with Gasteiger partial charge in [-0.05, 0) is 34.2 Å². The van der Waals surface area contributed by atoms with Crippen molar-refractivity contribution in [3.05, 3.63) is 60.7 Å². The van der Waals surface area contributed by atoms with E-state index in [1.54, 1.807) is 0 Å². The molecule has 0 aromatic heterocycles. The van der Waals surface area contributed by atoms with E-state index in [1.807, 2.05) is 0 Å². The Balaban J connectivity index is 2.02. The Hall–Kier alpha value is -1.38. The highest BCUT2D eigenvalue weighted by Crippen LogP contribution is 2.37. The fourth-order valence-electron chi connectivity index (χ4n) is 4.36. The summed E-state index contributed by atoms with van der Waals surface area (Å²) in [5, 5.41) is 2.87. The summed E-state index contributed by atoms with van der Waals surface area (Å²) in [6, 6.07) is 22.0. The van der Waals surface area contributed by atoms with Gasteiger partial charge in [-0.2, -0.15) is 0 Å². The molecule has 3 rings (SSSR count). The summed E-state index contributed by atoms with van der Waals surface area (Å²) in [5.74, 6) is 0.732. The molecule has 1 nitrogen and oxygen atoms in total. The van der Waals surface area contributed by atoms with Crippen molar-refractivity contribution in [1.82, 2.24) is 0 Å². The lowest BCUT2D eigenvalue weighted by atomic mass is 9.90. The van der Waals surface area contributed by atoms with E-state index < -0.39 is 8.32 Å². The second-order valence-corrected chi connectivity index (χ2v) is 12.8. The minimum absolute atomic E-state index is 0.0877. The topological polar surface area (TPSA) is 9.23 Å². The van der Waals surface area contributed by atoms with Gasteiger partial charge in [-0.1, -0.05) is 101 Å². The number of hydrogen-bond donors (Lipinski definition) is 0. The van der Waals surface area contributed by atoms with Crippen molar-refractivity contribution in [3.8, 4) is 0 Å². The maximum atomic E-state index is 7.04. The first-order valence-corrected chi connectivity index (χ1v) is 11.7. The zero-order chi connectivity index (χ0) is 17.8. The van der Waals surface area contributed by atoms with E-state index >= 15 is 0 Å². The molecule has 134 valence electrons. The van der Waals surface area contributed by atoms with E-state index in [4.69, 9.17) is 4.43 Å². The summed E-state index contributed by atoms with van der Waals surface area (Å²) >= 11 is 0. The molecule has 0 spiro atoms. The molecule has 0 saturated heterocycles. The number of rotatable bonds is 5. The Labute approximate surface area is 154 Å². The third-order valence-corrected chi connectivity index (χ3v) is 10.7. The minimum atomic E-state index is -2.33. The van der Waals surface area contributed by atoms with Gasteiger partial charge in [-0.25, -0.2) is 0 Å². The van der Waals surface area contributed by atoms with Crippen molar-refractivity contribution in [3.63, 3.8) is 0 Å². The van der Waals surface area contributed by atoms with Crippen LogP contribution in [0.15, 0.2) is 60.7 Å². The molecule has 0 heterocycles. The molecule has 0 aliphatic heterocycles. The molecular weight excluding hydrogens is 320 g/mol. The highest BCUT2D eigenvalue weighted by Gasteiger charge is 2.50. The molecule has 1 aliphatic rings. The molecule has 25 heavy (non-hydrogen) atoms. The predicted octanol–water partition coefficient (Wildman–Crippen LogP) is 5.14. The van der Waals surface area contributed by atoms with Crippen molar-refractivity contribution in [2.45, 2.75) is 57.9 Å². The lowest BCUT2D eigenvalue weighted by Crippen LogP contribution is -2.66. The average molecular weight is 353 g/mol. The first-order valence-electron chi connectivity index (χ1n) is 9.79. The van der Waals surface area contributed by atoms with Gasteiger partial charge in [0, 0.05) is 6.61 Å². The maximum Gasteiger partial charge on any atom is 0.261 e. The zero-order valence-corrected chi connectivity index (χ0v) is 17.0. The molecule has 0 N–H and O–H groups in total. The van der Waals surface area contributed by atoms with Gasteiger partial charge in [0.1, 0.15) is 0 Å². The molecule has 2 aromatic rings. The summed E-state index contributed by atoms with van der Waals surface area (Å²) < 4.78 is 7.04. The molecule has 1 saturated carbocycles. The lowest BCUT2D eigenvalue weighted by molar-refractivity contribution is 0.198. The van der Waals surface area contributed by atoms with E-state index in [-0.39, 0.29) is 5.04 Å². The van der Waals surface area contributed by atoms with Crippen molar-refractivity contribution in [1.29, 1.82) is 0 Å². The first-order chi connectivity index (χ1) is 12.0. The van der Waals surface area contributed by atoms with Crippen LogP contribution in [0.4, 0.5) is 0 Å². The molecule has 1 fully saturated rings. The van der Waals surface area contributed by atoms with Crippen LogP contribution >= 0.6 is 0 Å². The molecule has 0 atom stereocenters. The molecule has 0 unspecified atom stereocenters. The van der Waals surface area contributed by atoms with Gasteiger partial charge >= 0.3 is 0 Å². The fraction of sp³-hybridized carbons (Fsp3) is 0.478. The molecular formula is C23H32OSi. The maximum absolute atomic E-state index is 7.04. The van der Waals surface area contributed by atoms with Gasteiger partial charge in [0.2, 0.25) is 0 Å². The van der Waals surface area contributed by atoms with Gasteiger partial charge in [-0.3, -0.25) is 0 Å². The summed E-state index contributed by atoms with van der Waals surface area (Å²) in [5.41, 5.74) is 0. The van der Waals surface area contributed by atoms with Crippen LogP contribution in [-0.4, -0.2) is 14.9 Å². The zero-order valence-electron chi connectivity index (χ0n) is 16.0. The van der Waals surface area contributed by atoms with E-state index in [9.17, 15) is 0 Å². The summed E-state index contributed by atoms with van der Waals surface area (Å²) in [4.78, 5) is 0. The van der Waals surface area contributed by atoms with Crippen molar-refractivity contribution in [2.24, 2.45) is 5.92 Å². The highest BCUT2D eigenvalue weighted by molar-refractivity contribution is 6.99. The van der Waals surface area contributed by atoms with Crippen molar-refractivity contribution in [2.75, 3.05) is 6.61 Å². The summed E-state index contributed by atoms with van der Waals surface area (Å²) in [6.07, 6.45) is 6.80. The van der Waals surface area contributed by atoms with Crippen LogP contribution < -0.4 is 10.4 Å².